The molecule has 10 heteroatoms. The van der Waals surface area contributed by atoms with Crippen LogP contribution in [0.25, 0.3) is 0 Å². The average molecular weight is 525 g/mol. The van der Waals surface area contributed by atoms with E-state index < -0.39 is 5.41 Å². The van der Waals surface area contributed by atoms with Crippen molar-refractivity contribution in [3.8, 4) is 5.75 Å². The molecule has 1 saturated carbocycles. The normalized spacial score (nSPS) is 25.5. The number of hydrogen-bond donors (Lipinski definition) is 3. The highest BCUT2D eigenvalue weighted by Crippen LogP contribution is 2.46. The number of methoxy groups -OCH3 is 1. The van der Waals surface area contributed by atoms with E-state index in [1.54, 1.807) is 7.11 Å². The Morgan fingerprint density at radius 1 is 1.30 bits per heavy atom. The van der Waals surface area contributed by atoms with Crippen LogP contribution in [0.4, 0.5) is 23.1 Å². The molecule has 1 fully saturated rings. The van der Waals surface area contributed by atoms with Gasteiger partial charge in [0.2, 0.25) is 17.8 Å². The zero-order valence-corrected chi connectivity index (χ0v) is 22.3. The van der Waals surface area contributed by atoms with Crippen LogP contribution in [0, 0.1) is 23.2 Å². The zero-order chi connectivity index (χ0) is 26.5. The molecule has 37 heavy (non-hydrogen) atoms. The van der Waals surface area contributed by atoms with Crippen LogP contribution in [0.2, 0.25) is 5.02 Å². The first-order chi connectivity index (χ1) is 17.6. The van der Waals surface area contributed by atoms with Crippen molar-refractivity contribution >= 4 is 46.6 Å². The third-order valence-corrected chi connectivity index (χ3v) is 8.23. The molecule has 1 aliphatic heterocycles. The number of carbonyl (C=O) groups excluding carboxylic acids is 2. The second-order valence-corrected chi connectivity index (χ2v) is 11.0. The number of halogens is 1. The summed E-state index contributed by atoms with van der Waals surface area (Å²) in [6.07, 6.45) is 8.02. The quantitative estimate of drug-likeness (QED) is 0.461. The van der Waals surface area contributed by atoms with Crippen LogP contribution in [-0.2, 0) is 16.0 Å². The van der Waals surface area contributed by atoms with Gasteiger partial charge in [0.15, 0.2) is 5.82 Å². The number of anilines is 4. The number of benzene rings is 1. The number of carbonyl (C=O) groups is 2. The second-order valence-electron chi connectivity index (χ2n) is 10.6. The van der Waals surface area contributed by atoms with Gasteiger partial charge in [-0.3, -0.25) is 9.59 Å². The molecule has 2 amide bonds. The van der Waals surface area contributed by atoms with Gasteiger partial charge in [-0.1, -0.05) is 37.6 Å². The molecule has 0 spiro atoms. The smallest absolute Gasteiger partial charge is 0.232 e. The van der Waals surface area contributed by atoms with E-state index in [4.69, 9.17) is 22.1 Å². The number of hydrogen-bond acceptors (Lipinski definition) is 7. The van der Waals surface area contributed by atoms with Crippen LogP contribution >= 0.6 is 11.6 Å². The highest BCUT2D eigenvalue weighted by Gasteiger charge is 2.47. The predicted octanol–water partition coefficient (Wildman–Crippen LogP) is 4.30. The van der Waals surface area contributed by atoms with Gasteiger partial charge in [-0.25, -0.2) is 4.98 Å². The van der Waals surface area contributed by atoms with Crippen molar-refractivity contribution in [1.29, 1.82) is 0 Å². The van der Waals surface area contributed by atoms with Crippen molar-refractivity contribution in [2.45, 2.75) is 46.1 Å². The van der Waals surface area contributed by atoms with Crippen LogP contribution in [-0.4, -0.2) is 41.5 Å². The minimum atomic E-state index is -0.467. The molecule has 0 saturated heterocycles. The summed E-state index contributed by atoms with van der Waals surface area (Å²) in [5, 5.41) is 6.98. The third kappa shape index (κ3) is 4.39. The monoisotopic (exact) mass is 524 g/mol. The van der Waals surface area contributed by atoms with E-state index in [0.29, 0.717) is 47.6 Å². The molecule has 2 bridgehead atoms. The number of nitrogens with two attached hydrogens (primary N) is 1. The van der Waals surface area contributed by atoms with Gasteiger partial charge >= 0.3 is 0 Å². The summed E-state index contributed by atoms with van der Waals surface area (Å²) in [7, 11) is 1.62. The summed E-state index contributed by atoms with van der Waals surface area (Å²) in [6.45, 7) is 6.53. The largest absolute Gasteiger partial charge is 0.494 e. The Labute approximate surface area is 221 Å². The molecule has 1 aromatic carbocycles. The highest BCUT2D eigenvalue weighted by molar-refractivity contribution is 6.32. The van der Waals surface area contributed by atoms with Crippen LogP contribution in [0.1, 0.15) is 39.2 Å². The van der Waals surface area contributed by atoms with E-state index in [-0.39, 0.29) is 35.6 Å². The van der Waals surface area contributed by atoms with Gasteiger partial charge in [0.1, 0.15) is 10.8 Å². The Balaban J connectivity index is 1.44. The number of nitrogens with one attached hydrogen (secondary N) is 2. The molecule has 1 aromatic heterocycles. The minimum absolute atomic E-state index is 0.109. The van der Waals surface area contributed by atoms with Crippen LogP contribution < -0.4 is 26.0 Å². The number of nitrogens with zero attached hydrogens (tertiary/aromatic N) is 3. The zero-order valence-electron chi connectivity index (χ0n) is 21.5. The average Bonchev–Trinajstić information content (AvgIpc) is 3.45. The standard InChI is InChI=1S/C27H33ClN6O3/c1-5-34-19-9-8-18(22(37-4)16(19)10-11-27(2,3)25(34)36)31-26-30-13-17(28)24(33-26)32-21-15-7-6-14(12-15)20(21)23(29)35/h6-9,13-15,20-21H,5,10-12H2,1-4H3,(H2,29,35)(H2,30,31,32,33)/t14-,15+,20+,21-/m0/s1. The Morgan fingerprint density at radius 3 is 2.76 bits per heavy atom. The third-order valence-electron chi connectivity index (χ3n) is 7.95. The second kappa shape index (κ2) is 9.52. The van der Waals surface area contributed by atoms with Gasteiger partial charge in [-0.05, 0) is 50.2 Å². The van der Waals surface area contributed by atoms with E-state index >= 15 is 0 Å². The van der Waals surface area contributed by atoms with Crippen molar-refractivity contribution in [2.24, 2.45) is 28.9 Å². The van der Waals surface area contributed by atoms with Gasteiger partial charge < -0.3 is 26.0 Å². The summed E-state index contributed by atoms with van der Waals surface area (Å²) in [5.41, 5.74) is 7.77. The first-order valence-corrected chi connectivity index (χ1v) is 13.1. The lowest BCUT2D eigenvalue weighted by molar-refractivity contribution is -0.126. The van der Waals surface area contributed by atoms with E-state index in [1.807, 2.05) is 37.8 Å². The summed E-state index contributed by atoms with van der Waals surface area (Å²) >= 11 is 6.44. The lowest BCUT2D eigenvalue weighted by atomic mass is 9.86. The Bertz CT molecular complexity index is 1280. The molecular weight excluding hydrogens is 492 g/mol. The number of ether oxygens (including phenoxy) is 1. The maximum atomic E-state index is 13.2. The van der Waals surface area contributed by atoms with Gasteiger partial charge in [0.05, 0.1) is 30.6 Å². The lowest BCUT2D eigenvalue weighted by Crippen LogP contribution is -2.41. The van der Waals surface area contributed by atoms with Crippen molar-refractivity contribution in [3.63, 3.8) is 0 Å². The van der Waals surface area contributed by atoms with Crippen molar-refractivity contribution in [3.05, 3.63) is 41.1 Å². The summed E-state index contributed by atoms with van der Waals surface area (Å²) < 4.78 is 5.85. The van der Waals surface area contributed by atoms with Gasteiger partial charge in [0.25, 0.3) is 0 Å². The van der Waals surface area contributed by atoms with Gasteiger partial charge in [0, 0.05) is 23.6 Å². The molecule has 4 atom stereocenters. The molecule has 0 radical (unpaired) electrons. The number of allylic oxidation sites excluding steroid dienone is 1. The minimum Gasteiger partial charge on any atom is -0.494 e. The molecule has 0 unspecified atom stereocenters. The van der Waals surface area contributed by atoms with Crippen LogP contribution in [0.3, 0.4) is 0 Å². The van der Waals surface area contributed by atoms with Crippen molar-refractivity contribution < 1.29 is 14.3 Å². The fourth-order valence-corrected chi connectivity index (χ4v) is 6.14. The summed E-state index contributed by atoms with van der Waals surface area (Å²) in [6, 6.07) is 3.65. The predicted molar refractivity (Wildman–Crippen MR) is 144 cm³/mol. The lowest BCUT2D eigenvalue weighted by Gasteiger charge is -2.29. The first-order valence-electron chi connectivity index (χ1n) is 12.7. The fourth-order valence-electron chi connectivity index (χ4n) is 5.99. The SMILES string of the molecule is CCN1C(=O)C(C)(C)CCc2c1ccc(Nc1ncc(Cl)c(N[C@@H]3[C@H](C(N)=O)[C@H]4C=C[C@@H]3C4)n1)c2OC. The fraction of sp³-hybridized carbons (Fsp3) is 0.481. The maximum Gasteiger partial charge on any atom is 0.232 e. The highest BCUT2D eigenvalue weighted by atomic mass is 35.5. The van der Waals surface area contributed by atoms with Gasteiger partial charge in [-0.15, -0.1) is 0 Å². The Morgan fingerprint density at radius 2 is 2.05 bits per heavy atom. The number of aromatic nitrogens is 2. The number of rotatable bonds is 7. The van der Waals surface area contributed by atoms with Crippen molar-refractivity contribution in [2.75, 3.05) is 29.2 Å². The molecule has 196 valence electrons. The number of fused-ring (bicyclic) bond motifs is 3. The molecule has 3 aliphatic rings. The van der Waals surface area contributed by atoms with E-state index in [0.717, 1.165) is 17.7 Å². The van der Waals surface area contributed by atoms with Crippen LogP contribution in [0.15, 0.2) is 30.5 Å². The number of amides is 2. The topological polar surface area (TPSA) is 122 Å². The molecule has 2 aliphatic carbocycles. The molecule has 9 nitrogen and oxygen atoms in total. The first kappa shape index (κ1) is 25.3. The van der Waals surface area contributed by atoms with Crippen LogP contribution in [0.5, 0.6) is 5.75 Å². The molecule has 5 rings (SSSR count). The van der Waals surface area contributed by atoms with Crippen molar-refractivity contribution in [1.82, 2.24) is 9.97 Å². The Hall–Kier alpha value is -3.33. The van der Waals surface area contributed by atoms with Gasteiger partial charge in [-0.2, -0.15) is 4.98 Å². The van der Waals surface area contributed by atoms with E-state index in [9.17, 15) is 9.59 Å². The maximum absolute atomic E-state index is 13.2. The molecule has 4 N–H and O–H groups in total. The molecular formula is C27H33ClN6O3. The number of primary amides is 1. The Kier molecular flexibility index (Phi) is 6.52. The van der Waals surface area contributed by atoms with E-state index in [1.165, 1.54) is 6.20 Å². The summed E-state index contributed by atoms with van der Waals surface area (Å²) in [4.78, 5) is 36.1. The summed E-state index contributed by atoms with van der Waals surface area (Å²) in [5.74, 6) is 1.24. The molecule has 2 aromatic rings. The van der Waals surface area contributed by atoms with E-state index in [2.05, 4.69) is 32.8 Å². The molecule has 2 heterocycles.